The number of rotatable bonds is 9. The number of hydrogen-bond acceptors (Lipinski definition) is 2. The summed E-state index contributed by atoms with van der Waals surface area (Å²) in [5.74, 6) is 2.07. The molecule has 0 radical (unpaired) electrons. The number of fused-ring (bicyclic) bond motifs is 3. The van der Waals surface area contributed by atoms with Crippen LogP contribution in [0.25, 0.3) is 39.0 Å². The molecule has 9 rings (SSSR count). The number of aromatic nitrogens is 4. The van der Waals surface area contributed by atoms with E-state index in [1.165, 1.54) is 27.8 Å². The van der Waals surface area contributed by atoms with Gasteiger partial charge in [-0.05, 0) is 79.9 Å². The van der Waals surface area contributed by atoms with Crippen LogP contribution in [0.5, 0.6) is 11.5 Å². The third kappa shape index (κ3) is 8.39. The summed E-state index contributed by atoms with van der Waals surface area (Å²) in [5, 5.41) is 2.31. The molecule has 0 N–H and O–H groups in total. The summed E-state index contributed by atoms with van der Waals surface area (Å²) >= 11 is 0. The SMILES string of the molecule is CC(C)(C)c1ccnc(-n2c3[c-]c(Oc4[c-]c(-n5[c-][n+](-c6cccc(C(C)(C)c7ccccc7)c6)cc5)cc(C(C)(C)c5ccccc5)c4)cc(C(C)(C)C)c3c3ccccc32)c1.[Pt]. The fourth-order valence-corrected chi connectivity index (χ4v) is 8.75. The normalized spacial score (nSPS) is 12.4. The molecule has 0 spiro atoms. The van der Waals surface area contributed by atoms with Crippen molar-refractivity contribution in [3.8, 4) is 28.7 Å². The molecule has 0 fully saturated rings. The van der Waals surface area contributed by atoms with Crippen LogP contribution in [0, 0.1) is 18.5 Å². The van der Waals surface area contributed by atoms with Crippen molar-refractivity contribution in [2.24, 2.45) is 0 Å². The van der Waals surface area contributed by atoms with Crippen molar-refractivity contribution in [1.29, 1.82) is 0 Å². The van der Waals surface area contributed by atoms with Crippen molar-refractivity contribution in [2.75, 3.05) is 0 Å². The van der Waals surface area contributed by atoms with E-state index in [4.69, 9.17) is 9.72 Å². The molecule has 0 unspecified atom stereocenters. The predicted molar refractivity (Wildman–Crippen MR) is 257 cm³/mol. The average molecular weight is 1020 g/mol. The summed E-state index contributed by atoms with van der Waals surface area (Å²) in [6.45, 7) is 22.6. The Kier molecular flexibility index (Phi) is 11.7. The molecule has 5 nitrogen and oxygen atoms in total. The van der Waals surface area contributed by atoms with Crippen LogP contribution >= 0.6 is 0 Å². The summed E-state index contributed by atoms with van der Waals surface area (Å²) in [5.41, 5.74) is 10.2. The average Bonchev–Trinajstić information content (AvgIpc) is 3.90. The molecule has 0 aliphatic rings. The van der Waals surface area contributed by atoms with Crippen molar-refractivity contribution in [3.05, 3.63) is 210 Å². The van der Waals surface area contributed by atoms with Gasteiger partial charge in [-0.2, -0.15) is 6.07 Å². The molecule has 0 atom stereocenters. The zero-order valence-electron chi connectivity index (χ0n) is 38.5. The number of benzene rings is 6. The maximum Gasteiger partial charge on any atom is 0.267 e. The van der Waals surface area contributed by atoms with Crippen molar-refractivity contribution in [2.45, 2.75) is 90.9 Å². The summed E-state index contributed by atoms with van der Waals surface area (Å²) in [4.78, 5) is 4.96. The first-order valence-corrected chi connectivity index (χ1v) is 22.0. The molecule has 64 heavy (non-hydrogen) atoms. The van der Waals surface area contributed by atoms with Crippen LogP contribution in [-0.2, 0) is 42.7 Å². The number of para-hydroxylation sites is 1. The van der Waals surface area contributed by atoms with Crippen LogP contribution in [-0.4, -0.2) is 14.1 Å². The molecule has 6 aromatic carbocycles. The Bertz CT molecular complexity index is 3110. The molecule has 0 aliphatic heterocycles. The van der Waals surface area contributed by atoms with Gasteiger partial charge >= 0.3 is 0 Å². The van der Waals surface area contributed by atoms with E-state index >= 15 is 0 Å². The molecule has 326 valence electrons. The number of ether oxygens (including phenoxy) is 1. The van der Waals surface area contributed by atoms with Gasteiger partial charge in [-0.3, -0.25) is 4.57 Å². The van der Waals surface area contributed by atoms with Gasteiger partial charge in [0.2, 0.25) is 0 Å². The second-order valence-electron chi connectivity index (χ2n) is 19.9. The largest absolute Gasteiger partial charge is 0.510 e. The number of pyridine rings is 1. The molecule has 0 saturated carbocycles. The van der Waals surface area contributed by atoms with E-state index in [2.05, 4.69) is 238 Å². The minimum atomic E-state index is -0.357. The van der Waals surface area contributed by atoms with E-state index in [0.717, 1.165) is 44.6 Å². The van der Waals surface area contributed by atoms with Crippen molar-refractivity contribution in [1.82, 2.24) is 14.1 Å². The van der Waals surface area contributed by atoms with Crippen LogP contribution in [0.3, 0.4) is 0 Å². The Hall–Kier alpha value is -6.03. The van der Waals surface area contributed by atoms with Crippen LogP contribution in [0.1, 0.15) is 103 Å². The molecule has 3 heterocycles. The van der Waals surface area contributed by atoms with E-state index in [9.17, 15) is 0 Å². The van der Waals surface area contributed by atoms with Gasteiger partial charge < -0.3 is 13.9 Å². The summed E-state index contributed by atoms with van der Waals surface area (Å²) < 4.78 is 13.3. The standard InChI is InChI=1S/C58H56N4O.Pt/c1-55(2,3)42-28-29-59-53(35-42)62-51-27-18-17-26-49(51)54-50(56(4,5)6)37-48(38-52(54)62)63-47-34-44(58(9,10)41-22-15-12-16-23-41)33-46(36-47)61-31-30-60(39-61)45-25-19-24-43(32-45)57(7,8)40-20-13-11-14-21-40;/h11-35,37H,1-10H3;/q-2;. The number of imidazole rings is 1. The van der Waals surface area contributed by atoms with Crippen LogP contribution in [0.15, 0.2) is 158 Å². The van der Waals surface area contributed by atoms with E-state index in [1.807, 2.05) is 21.5 Å². The minimum absolute atomic E-state index is 0. The maximum absolute atomic E-state index is 7.03. The van der Waals surface area contributed by atoms with Crippen molar-refractivity contribution >= 4 is 21.8 Å². The maximum atomic E-state index is 7.03. The third-order valence-electron chi connectivity index (χ3n) is 12.8. The van der Waals surface area contributed by atoms with E-state index in [-0.39, 0.29) is 42.7 Å². The van der Waals surface area contributed by atoms with Gasteiger partial charge in [0.15, 0.2) is 0 Å². The van der Waals surface area contributed by atoms with Gasteiger partial charge in [-0.1, -0.05) is 171 Å². The number of hydrogen-bond donors (Lipinski definition) is 0. The van der Waals surface area contributed by atoms with Crippen LogP contribution in [0.4, 0.5) is 0 Å². The van der Waals surface area contributed by atoms with Gasteiger partial charge in [-0.15, -0.1) is 35.4 Å². The summed E-state index contributed by atoms with van der Waals surface area (Å²) in [6, 6.07) is 56.9. The minimum Gasteiger partial charge on any atom is -0.510 e. The molecular weight excluding hydrogens is 964 g/mol. The Labute approximate surface area is 393 Å². The zero-order chi connectivity index (χ0) is 44.3. The molecular formula is C58H56N4OPt-2. The van der Waals surface area contributed by atoms with Gasteiger partial charge in [0, 0.05) is 62.1 Å². The van der Waals surface area contributed by atoms with Gasteiger partial charge in [0.25, 0.3) is 6.33 Å². The molecule has 0 saturated heterocycles. The topological polar surface area (TPSA) is 35.9 Å². The number of nitrogens with zero attached hydrogens (tertiary/aromatic N) is 4. The Morgan fingerprint density at radius 2 is 1.19 bits per heavy atom. The molecule has 0 amide bonds. The van der Waals surface area contributed by atoms with Gasteiger partial charge in [0.05, 0.1) is 5.69 Å². The fraction of sp³-hybridized carbons (Fsp3) is 0.241. The monoisotopic (exact) mass is 1020 g/mol. The molecule has 3 aromatic heterocycles. The second-order valence-corrected chi connectivity index (χ2v) is 19.9. The summed E-state index contributed by atoms with van der Waals surface area (Å²) in [7, 11) is 0. The molecule has 0 bridgehead atoms. The van der Waals surface area contributed by atoms with E-state index in [0.29, 0.717) is 11.5 Å². The Morgan fingerprint density at radius 3 is 1.86 bits per heavy atom. The van der Waals surface area contributed by atoms with E-state index in [1.54, 1.807) is 0 Å². The van der Waals surface area contributed by atoms with E-state index < -0.39 is 0 Å². The van der Waals surface area contributed by atoms with Gasteiger partial charge in [-0.25, -0.2) is 4.98 Å². The first kappa shape index (κ1) is 44.6. The molecule has 9 aromatic rings. The smallest absolute Gasteiger partial charge is 0.267 e. The van der Waals surface area contributed by atoms with Crippen LogP contribution in [0.2, 0.25) is 0 Å². The zero-order valence-corrected chi connectivity index (χ0v) is 40.8. The van der Waals surface area contributed by atoms with Crippen LogP contribution < -0.4 is 9.30 Å². The third-order valence-corrected chi connectivity index (χ3v) is 12.8. The van der Waals surface area contributed by atoms with Crippen molar-refractivity contribution < 1.29 is 30.4 Å². The fourth-order valence-electron chi connectivity index (χ4n) is 8.75. The Balaban J connectivity index is 0.00000560. The predicted octanol–water partition coefficient (Wildman–Crippen LogP) is 13.7. The first-order chi connectivity index (χ1) is 30.0. The van der Waals surface area contributed by atoms with Gasteiger partial charge in [0.1, 0.15) is 5.82 Å². The second kappa shape index (κ2) is 16.8. The first-order valence-electron chi connectivity index (χ1n) is 22.0. The molecule has 6 heteroatoms. The quantitative estimate of drug-likeness (QED) is 0.107. The van der Waals surface area contributed by atoms with Crippen molar-refractivity contribution in [3.63, 3.8) is 0 Å². The Morgan fingerprint density at radius 1 is 0.562 bits per heavy atom. The summed E-state index contributed by atoms with van der Waals surface area (Å²) in [6.07, 6.45) is 9.62. The molecule has 0 aliphatic carbocycles.